The van der Waals surface area contributed by atoms with Gasteiger partial charge in [0.2, 0.25) is 5.91 Å². The van der Waals surface area contributed by atoms with E-state index in [2.05, 4.69) is 5.32 Å². The van der Waals surface area contributed by atoms with Gasteiger partial charge in [0.1, 0.15) is 5.54 Å². The smallest absolute Gasteiger partial charge is 0.247 e. The molecule has 0 bridgehead atoms. The molecule has 1 amide bonds. The first kappa shape index (κ1) is 13.8. The Morgan fingerprint density at radius 3 is 2.53 bits per heavy atom. The number of hydrogen-bond donors (Lipinski definition) is 1. The predicted octanol–water partition coefficient (Wildman–Crippen LogP) is 1.94. The van der Waals surface area contributed by atoms with Crippen molar-refractivity contribution in [3.63, 3.8) is 0 Å². The molecule has 19 heavy (non-hydrogen) atoms. The molecule has 102 valence electrons. The van der Waals surface area contributed by atoms with Crippen LogP contribution in [0.15, 0.2) is 30.3 Å². The molecule has 1 aliphatic rings. The maximum atomic E-state index is 12.2. The van der Waals surface area contributed by atoms with E-state index in [0.29, 0.717) is 11.7 Å². The first-order valence-electron chi connectivity index (χ1n) is 6.32. The molecule has 1 aromatic rings. The second kappa shape index (κ2) is 5.17. The quantitative estimate of drug-likeness (QED) is 0.796. The summed E-state index contributed by atoms with van der Waals surface area (Å²) in [4.78, 5) is 15.9. The fourth-order valence-electron chi connectivity index (χ4n) is 2.28. The summed E-state index contributed by atoms with van der Waals surface area (Å²) >= 11 is 5.44. The molecule has 1 aliphatic heterocycles. The van der Waals surface area contributed by atoms with Crippen molar-refractivity contribution < 1.29 is 4.79 Å². The molecule has 0 radical (unpaired) electrons. The predicted molar refractivity (Wildman–Crippen MR) is 81.1 cm³/mol. The summed E-state index contributed by atoms with van der Waals surface area (Å²) in [5.41, 5.74) is 0.334. The van der Waals surface area contributed by atoms with Crippen LogP contribution < -0.4 is 5.32 Å². The maximum Gasteiger partial charge on any atom is 0.247 e. The van der Waals surface area contributed by atoms with Crippen LogP contribution in [0.1, 0.15) is 13.8 Å². The SMILES string of the molecule is CN1CCN(C(=S)Nc2ccccc2)C(C)(C)C1=O. The van der Waals surface area contributed by atoms with Crippen molar-refractivity contribution in [3.05, 3.63) is 30.3 Å². The van der Waals surface area contributed by atoms with Gasteiger partial charge in [0, 0.05) is 25.8 Å². The highest BCUT2D eigenvalue weighted by atomic mass is 32.1. The van der Waals surface area contributed by atoms with E-state index in [-0.39, 0.29) is 5.91 Å². The summed E-state index contributed by atoms with van der Waals surface area (Å²) < 4.78 is 0. The second-order valence-electron chi connectivity index (χ2n) is 5.23. The third-order valence-electron chi connectivity index (χ3n) is 3.47. The number of hydrogen-bond acceptors (Lipinski definition) is 2. The van der Waals surface area contributed by atoms with Gasteiger partial charge in [0.25, 0.3) is 0 Å². The van der Waals surface area contributed by atoms with Crippen molar-refractivity contribution in [3.8, 4) is 0 Å². The van der Waals surface area contributed by atoms with Gasteiger partial charge in [0.05, 0.1) is 0 Å². The largest absolute Gasteiger partial charge is 0.342 e. The molecule has 1 heterocycles. The van der Waals surface area contributed by atoms with Crippen molar-refractivity contribution in [2.24, 2.45) is 0 Å². The minimum Gasteiger partial charge on any atom is -0.342 e. The summed E-state index contributed by atoms with van der Waals surface area (Å²) in [6.07, 6.45) is 0. The lowest BCUT2D eigenvalue weighted by Crippen LogP contribution is -2.64. The zero-order valence-corrected chi connectivity index (χ0v) is 12.3. The van der Waals surface area contributed by atoms with Gasteiger partial charge >= 0.3 is 0 Å². The molecule has 5 heteroatoms. The van der Waals surface area contributed by atoms with Gasteiger partial charge in [-0.25, -0.2) is 0 Å². The minimum absolute atomic E-state index is 0.0935. The number of carbonyl (C=O) groups excluding carboxylic acids is 1. The van der Waals surface area contributed by atoms with E-state index in [1.54, 1.807) is 4.90 Å². The molecular weight excluding hydrogens is 258 g/mol. The summed E-state index contributed by atoms with van der Waals surface area (Å²) in [7, 11) is 1.83. The number of anilines is 1. The van der Waals surface area contributed by atoms with E-state index in [0.717, 1.165) is 12.2 Å². The molecule has 0 aliphatic carbocycles. The Bertz CT molecular complexity index is 487. The van der Waals surface area contributed by atoms with Gasteiger partial charge in [-0.05, 0) is 38.2 Å². The van der Waals surface area contributed by atoms with E-state index in [1.807, 2.05) is 56.1 Å². The minimum atomic E-state index is -0.605. The molecule has 0 aromatic heterocycles. The van der Waals surface area contributed by atoms with E-state index >= 15 is 0 Å². The van der Waals surface area contributed by atoms with Crippen LogP contribution in [0.5, 0.6) is 0 Å². The molecule has 1 N–H and O–H groups in total. The first-order valence-corrected chi connectivity index (χ1v) is 6.73. The second-order valence-corrected chi connectivity index (χ2v) is 5.62. The number of nitrogens with zero attached hydrogens (tertiary/aromatic N) is 2. The topological polar surface area (TPSA) is 35.6 Å². The molecule has 2 rings (SSSR count). The molecule has 0 spiro atoms. The Labute approximate surface area is 119 Å². The third kappa shape index (κ3) is 2.71. The number of piperazine rings is 1. The molecule has 0 unspecified atom stereocenters. The van der Waals surface area contributed by atoms with Crippen molar-refractivity contribution in [1.29, 1.82) is 0 Å². The number of likely N-dealkylation sites (N-methyl/N-ethyl adjacent to an activating group) is 1. The number of amides is 1. The number of rotatable bonds is 1. The van der Waals surface area contributed by atoms with E-state index in [9.17, 15) is 4.79 Å². The average Bonchev–Trinajstić information content (AvgIpc) is 2.37. The molecule has 4 nitrogen and oxygen atoms in total. The number of benzene rings is 1. The molecule has 0 saturated carbocycles. The van der Waals surface area contributed by atoms with Crippen LogP contribution in [-0.2, 0) is 4.79 Å². The lowest BCUT2D eigenvalue weighted by molar-refractivity contribution is -0.143. The molecular formula is C14H19N3OS. The van der Waals surface area contributed by atoms with E-state index in [1.165, 1.54) is 0 Å². The Morgan fingerprint density at radius 1 is 1.26 bits per heavy atom. The Morgan fingerprint density at radius 2 is 1.89 bits per heavy atom. The van der Waals surface area contributed by atoms with Crippen LogP contribution in [0, 0.1) is 0 Å². The van der Waals surface area contributed by atoms with Crippen LogP contribution in [0.25, 0.3) is 0 Å². The van der Waals surface area contributed by atoms with Crippen LogP contribution in [0.4, 0.5) is 5.69 Å². The van der Waals surface area contributed by atoms with Gasteiger partial charge < -0.3 is 15.1 Å². The summed E-state index contributed by atoms with van der Waals surface area (Å²) in [6.45, 7) is 5.25. The van der Waals surface area contributed by atoms with Crippen molar-refractivity contribution in [2.75, 3.05) is 25.5 Å². The Kier molecular flexibility index (Phi) is 3.75. The number of para-hydroxylation sites is 1. The average molecular weight is 277 g/mol. The molecule has 1 fully saturated rings. The number of nitrogens with one attached hydrogen (secondary N) is 1. The lowest BCUT2D eigenvalue weighted by Gasteiger charge is -2.46. The fourth-order valence-corrected chi connectivity index (χ4v) is 2.72. The molecule has 1 saturated heterocycles. The summed E-state index contributed by atoms with van der Waals surface area (Å²) in [5.74, 6) is 0.0935. The van der Waals surface area contributed by atoms with Crippen molar-refractivity contribution in [2.45, 2.75) is 19.4 Å². The van der Waals surface area contributed by atoms with Gasteiger partial charge in [0.15, 0.2) is 5.11 Å². The van der Waals surface area contributed by atoms with Gasteiger partial charge in [-0.2, -0.15) is 0 Å². The molecule has 1 aromatic carbocycles. The Balaban J connectivity index is 2.13. The van der Waals surface area contributed by atoms with Gasteiger partial charge in [-0.3, -0.25) is 4.79 Å². The zero-order valence-electron chi connectivity index (χ0n) is 11.5. The van der Waals surface area contributed by atoms with Crippen LogP contribution in [0.3, 0.4) is 0 Å². The number of thiocarbonyl (C=S) groups is 1. The number of carbonyl (C=O) groups is 1. The third-order valence-corrected chi connectivity index (χ3v) is 3.80. The first-order chi connectivity index (χ1) is 8.93. The van der Waals surface area contributed by atoms with Crippen LogP contribution >= 0.6 is 12.2 Å². The van der Waals surface area contributed by atoms with Crippen molar-refractivity contribution in [1.82, 2.24) is 9.80 Å². The normalized spacial score (nSPS) is 18.4. The lowest BCUT2D eigenvalue weighted by atomic mass is 9.98. The Hall–Kier alpha value is -1.62. The van der Waals surface area contributed by atoms with Crippen molar-refractivity contribution >= 4 is 28.9 Å². The van der Waals surface area contributed by atoms with Crippen LogP contribution in [0.2, 0.25) is 0 Å². The highest BCUT2D eigenvalue weighted by molar-refractivity contribution is 7.80. The zero-order chi connectivity index (χ0) is 14.0. The highest BCUT2D eigenvalue weighted by Crippen LogP contribution is 2.22. The summed E-state index contributed by atoms with van der Waals surface area (Å²) in [5, 5.41) is 3.78. The van der Waals surface area contributed by atoms with Gasteiger partial charge in [-0.1, -0.05) is 18.2 Å². The van der Waals surface area contributed by atoms with Crippen LogP contribution in [-0.4, -0.2) is 46.5 Å². The maximum absolute atomic E-state index is 12.2. The van der Waals surface area contributed by atoms with Gasteiger partial charge in [-0.15, -0.1) is 0 Å². The standard InChI is InChI=1S/C14H19N3OS/c1-14(2)12(18)16(3)9-10-17(14)13(19)15-11-7-5-4-6-8-11/h4-8H,9-10H2,1-3H3,(H,15,19). The fraction of sp³-hybridized carbons (Fsp3) is 0.429. The molecule has 0 atom stereocenters. The van der Waals surface area contributed by atoms with E-state index < -0.39 is 5.54 Å². The summed E-state index contributed by atoms with van der Waals surface area (Å²) in [6, 6.07) is 9.77. The van der Waals surface area contributed by atoms with E-state index in [4.69, 9.17) is 12.2 Å². The monoisotopic (exact) mass is 277 g/mol. The highest BCUT2D eigenvalue weighted by Gasteiger charge is 2.41.